The number of carbonyl (C=O) groups excluding carboxylic acids is 1. The van der Waals surface area contributed by atoms with Crippen LogP contribution in [-0.2, 0) is 17.8 Å². The number of thioether (sulfide) groups is 1. The number of anilines is 1. The molecule has 0 bridgehead atoms. The molecule has 0 aliphatic heterocycles. The van der Waals surface area contributed by atoms with E-state index in [1.165, 1.54) is 27.8 Å². The molecule has 0 atom stereocenters. The molecule has 0 saturated carbocycles. The minimum absolute atomic E-state index is 0.0416. The largest absolute Gasteiger partial charge is 0.325 e. The van der Waals surface area contributed by atoms with Gasteiger partial charge in [0.1, 0.15) is 0 Å². The van der Waals surface area contributed by atoms with E-state index in [4.69, 9.17) is 0 Å². The SMILES string of the molecule is CCc1c(-c2nnc(SCC(=O)Nc3ccc(C(C)C)cc3)n2CC)csc1C. The van der Waals surface area contributed by atoms with Crippen molar-refractivity contribution < 1.29 is 4.79 Å². The fraction of sp³-hybridized carbons (Fsp3) is 0.409. The molecule has 0 unspecified atom stereocenters. The zero-order valence-electron chi connectivity index (χ0n) is 17.7. The molecule has 1 amide bonds. The average Bonchev–Trinajstić information content (AvgIpc) is 3.28. The summed E-state index contributed by atoms with van der Waals surface area (Å²) in [5.74, 6) is 1.62. The van der Waals surface area contributed by atoms with Crippen LogP contribution in [0.3, 0.4) is 0 Å². The number of rotatable bonds is 8. The van der Waals surface area contributed by atoms with Crippen molar-refractivity contribution in [3.63, 3.8) is 0 Å². The van der Waals surface area contributed by atoms with E-state index in [-0.39, 0.29) is 5.91 Å². The van der Waals surface area contributed by atoms with E-state index < -0.39 is 0 Å². The van der Waals surface area contributed by atoms with Crippen LogP contribution >= 0.6 is 23.1 Å². The number of aromatic nitrogens is 3. The van der Waals surface area contributed by atoms with Gasteiger partial charge in [-0.3, -0.25) is 4.79 Å². The van der Waals surface area contributed by atoms with Crippen molar-refractivity contribution in [2.24, 2.45) is 0 Å². The highest BCUT2D eigenvalue weighted by atomic mass is 32.2. The number of carbonyl (C=O) groups is 1. The molecule has 1 aromatic carbocycles. The zero-order valence-corrected chi connectivity index (χ0v) is 19.3. The van der Waals surface area contributed by atoms with E-state index in [1.807, 2.05) is 12.1 Å². The van der Waals surface area contributed by atoms with Gasteiger partial charge in [-0.2, -0.15) is 0 Å². The summed E-state index contributed by atoms with van der Waals surface area (Å²) in [5.41, 5.74) is 4.57. The van der Waals surface area contributed by atoms with E-state index in [1.54, 1.807) is 11.3 Å². The summed E-state index contributed by atoms with van der Waals surface area (Å²) < 4.78 is 2.09. The average molecular weight is 429 g/mol. The summed E-state index contributed by atoms with van der Waals surface area (Å²) in [6.45, 7) is 11.5. The van der Waals surface area contributed by atoms with Crippen LogP contribution in [0.5, 0.6) is 0 Å². The first-order valence-corrected chi connectivity index (χ1v) is 11.8. The molecule has 2 aromatic heterocycles. The van der Waals surface area contributed by atoms with Crippen molar-refractivity contribution in [1.82, 2.24) is 14.8 Å². The van der Waals surface area contributed by atoms with Gasteiger partial charge in [0.15, 0.2) is 11.0 Å². The van der Waals surface area contributed by atoms with Crippen molar-refractivity contribution in [3.05, 3.63) is 45.6 Å². The van der Waals surface area contributed by atoms with Gasteiger partial charge in [0, 0.05) is 28.1 Å². The lowest BCUT2D eigenvalue weighted by molar-refractivity contribution is -0.113. The van der Waals surface area contributed by atoms with Crippen molar-refractivity contribution in [2.45, 2.75) is 58.7 Å². The molecule has 0 saturated heterocycles. The van der Waals surface area contributed by atoms with Gasteiger partial charge in [0.2, 0.25) is 5.91 Å². The molecule has 3 aromatic rings. The highest BCUT2D eigenvalue weighted by Crippen LogP contribution is 2.32. The van der Waals surface area contributed by atoms with Gasteiger partial charge in [-0.25, -0.2) is 0 Å². The van der Waals surface area contributed by atoms with Gasteiger partial charge in [-0.05, 0) is 49.4 Å². The number of nitrogens with zero attached hydrogens (tertiary/aromatic N) is 3. The molecule has 5 nitrogen and oxygen atoms in total. The van der Waals surface area contributed by atoms with Gasteiger partial charge < -0.3 is 9.88 Å². The fourth-order valence-electron chi connectivity index (χ4n) is 3.26. The molecular weight excluding hydrogens is 400 g/mol. The molecule has 154 valence electrons. The monoisotopic (exact) mass is 428 g/mol. The highest BCUT2D eigenvalue weighted by Gasteiger charge is 2.18. The zero-order chi connectivity index (χ0) is 21.0. The summed E-state index contributed by atoms with van der Waals surface area (Å²) in [4.78, 5) is 13.7. The maximum absolute atomic E-state index is 12.4. The van der Waals surface area contributed by atoms with Gasteiger partial charge in [-0.1, -0.05) is 44.7 Å². The highest BCUT2D eigenvalue weighted by molar-refractivity contribution is 7.99. The number of benzene rings is 1. The lowest BCUT2D eigenvalue weighted by atomic mass is 10.0. The lowest BCUT2D eigenvalue weighted by Crippen LogP contribution is -2.14. The molecule has 29 heavy (non-hydrogen) atoms. The molecule has 2 heterocycles. The van der Waals surface area contributed by atoms with Crippen LogP contribution < -0.4 is 5.32 Å². The Morgan fingerprint density at radius 2 is 1.93 bits per heavy atom. The van der Waals surface area contributed by atoms with E-state index in [9.17, 15) is 4.79 Å². The Kier molecular flexibility index (Phi) is 7.14. The Morgan fingerprint density at radius 1 is 1.21 bits per heavy atom. The normalized spacial score (nSPS) is 11.2. The van der Waals surface area contributed by atoms with Crippen molar-refractivity contribution >= 4 is 34.7 Å². The predicted octanol–water partition coefficient (Wildman–Crippen LogP) is 5.75. The number of amides is 1. The fourth-order valence-corrected chi connectivity index (χ4v) is 5.01. The summed E-state index contributed by atoms with van der Waals surface area (Å²) in [6, 6.07) is 8.02. The van der Waals surface area contributed by atoms with Crippen molar-refractivity contribution in [2.75, 3.05) is 11.1 Å². The number of thiophene rings is 1. The third kappa shape index (κ3) is 4.90. The van der Waals surface area contributed by atoms with Crippen LogP contribution in [0.2, 0.25) is 0 Å². The number of nitrogens with one attached hydrogen (secondary N) is 1. The van der Waals surface area contributed by atoms with Crippen LogP contribution in [0, 0.1) is 6.92 Å². The topological polar surface area (TPSA) is 59.8 Å². The smallest absolute Gasteiger partial charge is 0.234 e. The second kappa shape index (κ2) is 9.59. The summed E-state index contributed by atoms with van der Waals surface area (Å²) >= 11 is 3.17. The Labute approximate surface area is 180 Å². The molecule has 0 aliphatic rings. The first-order valence-electron chi connectivity index (χ1n) is 9.97. The third-order valence-corrected chi connectivity index (χ3v) is 6.84. The molecule has 1 N–H and O–H groups in total. The van der Waals surface area contributed by atoms with Crippen molar-refractivity contribution in [1.29, 1.82) is 0 Å². The van der Waals surface area contributed by atoms with Gasteiger partial charge >= 0.3 is 0 Å². The van der Waals surface area contributed by atoms with Crippen LogP contribution in [0.15, 0.2) is 34.8 Å². The molecule has 0 radical (unpaired) electrons. The molecule has 7 heteroatoms. The number of hydrogen-bond donors (Lipinski definition) is 1. The minimum atomic E-state index is -0.0416. The third-order valence-electron chi connectivity index (χ3n) is 4.92. The van der Waals surface area contributed by atoms with Gasteiger partial charge in [-0.15, -0.1) is 21.5 Å². The summed E-state index contributed by atoms with van der Waals surface area (Å²) in [7, 11) is 0. The number of hydrogen-bond acceptors (Lipinski definition) is 5. The minimum Gasteiger partial charge on any atom is -0.325 e. The second-order valence-corrected chi connectivity index (χ2v) is 9.23. The first kappa shape index (κ1) is 21.6. The number of aryl methyl sites for hydroxylation is 1. The van der Waals surface area contributed by atoms with Gasteiger partial charge in [0.25, 0.3) is 0 Å². The molecule has 3 rings (SSSR count). The van der Waals surface area contributed by atoms with E-state index in [2.05, 4.69) is 72.2 Å². The Bertz CT molecular complexity index is 973. The molecule has 0 aliphatic carbocycles. The second-order valence-electron chi connectivity index (χ2n) is 7.20. The van der Waals surface area contributed by atoms with Crippen LogP contribution in [0.25, 0.3) is 11.4 Å². The maximum Gasteiger partial charge on any atom is 0.234 e. The van der Waals surface area contributed by atoms with E-state index in [0.29, 0.717) is 11.7 Å². The summed E-state index contributed by atoms with van der Waals surface area (Å²) in [5, 5.41) is 14.7. The van der Waals surface area contributed by atoms with Crippen LogP contribution in [-0.4, -0.2) is 26.4 Å². The predicted molar refractivity (Wildman–Crippen MR) is 123 cm³/mol. The lowest BCUT2D eigenvalue weighted by Gasteiger charge is -2.09. The quantitative estimate of drug-likeness (QED) is 0.464. The van der Waals surface area contributed by atoms with Crippen molar-refractivity contribution in [3.8, 4) is 11.4 Å². The van der Waals surface area contributed by atoms with Crippen LogP contribution in [0.4, 0.5) is 5.69 Å². The van der Waals surface area contributed by atoms with E-state index >= 15 is 0 Å². The summed E-state index contributed by atoms with van der Waals surface area (Å²) in [6.07, 6.45) is 0.974. The molecule has 0 spiro atoms. The first-order chi connectivity index (χ1) is 13.9. The molecular formula is C22H28N4OS2. The van der Waals surface area contributed by atoms with Crippen LogP contribution in [0.1, 0.15) is 49.6 Å². The standard InChI is InChI=1S/C22H28N4OS2/c1-6-18-15(5)28-12-19(18)21-24-25-22(26(21)7-2)29-13-20(27)23-17-10-8-16(9-11-17)14(3)4/h8-12,14H,6-7,13H2,1-5H3,(H,23,27). The maximum atomic E-state index is 12.4. The Balaban J connectivity index is 1.67. The van der Waals surface area contributed by atoms with E-state index in [0.717, 1.165) is 35.2 Å². The molecule has 0 fully saturated rings. The van der Waals surface area contributed by atoms with Gasteiger partial charge in [0.05, 0.1) is 5.75 Å². The Morgan fingerprint density at radius 3 is 2.55 bits per heavy atom. The Hall–Kier alpha value is -2.12.